The molecule has 26 heavy (non-hydrogen) atoms. The Labute approximate surface area is 150 Å². The molecule has 0 saturated heterocycles. The van der Waals surface area contributed by atoms with Crippen molar-refractivity contribution in [1.82, 2.24) is 10.6 Å². The summed E-state index contributed by atoms with van der Waals surface area (Å²) in [4.78, 5) is 12.2. The van der Waals surface area contributed by atoms with E-state index in [9.17, 15) is 18.0 Å². The number of nitrogens with one attached hydrogen (secondary N) is 2. The molecule has 1 amide bonds. The SMILES string of the molecule is CC(CC(=O)NCc1ccc2c(c1)CNC2)c1cccc(C(F)(F)F)c1. The van der Waals surface area contributed by atoms with E-state index in [-0.39, 0.29) is 18.2 Å². The van der Waals surface area contributed by atoms with Crippen molar-refractivity contribution >= 4 is 5.91 Å². The van der Waals surface area contributed by atoms with Gasteiger partial charge in [-0.25, -0.2) is 0 Å². The molecule has 0 spiro atoms. The van der Waals surface area contributed by atoms with Crippen LogP contribution in [0.15, 0.2) is 42.5 Å². The third-order valence-electron chi connectivity index (χ3n) is 4.67. The van der Waals surface area contributed by atoms with Crippen molar-refractivity contribution in [2.24, 2.45) is 0 Å². The zero-order chi connectivity index (χ0) is 18.7. The molecular weight excluding hydrogens is 341 g/mol. The van der Waals surface area contributed by atoms with Gasteiger partial charge in [-0.05, 0) is 34.2 Å². The van der Waals surface area contributed by atoms with Gasteiger partial charge in [0.25, 0.3) is 0 Å². The molecule has 0 bridgehead atoms. The molecule has 0 radical (unpaired) electrons. The maximum atomic E-state index is 12.8. The Bertz CT molecular complexity index is 802. The summed E-state index contributed by atoms with van der Waals surface area (Å²) < 4.78 is 38.4. The quantitative estimate of drug-likeness (QED) is 0.840. The molecule has 0 saturated carbocycles. The van der Waals surface area contributed by atoms with Crippen molar-refractivity contribution in [1.29, 1.82) is 0 Å². The average molecular weight is 362 g/mol. The van der Waals surface area contributed by atoms with E-state index in [1.165, 1.54) is 17.2 Å². The Balaban J connectivity index is 1.56. The van der Waals surface area contributed by atoms with Crippen LogP contribution >= 0.6 is 0 Å². The molecule has 1 aliphatic heterocycles. The van der Waals surface area contributed by atoms with Crippen molar-refractivity contribution in [3.63, 3.8) is 0 Å². The number of fused-ring (bicyclic) bond motifs is 1. The van der Waals surface area contributed by atoms with Crippen molar-refractivity contribution in [2.75, 3.05) is 0 Å². The Morgan fingerprint density at radius 3 is 2.69 bits per heavy atom. The monoisotopic (exact) mass is 362 g/mol. The van der Waals surface area contributed by atoms with Crippen LogP contribution in [0.1, 0.15) is 47.1 Å². The minimum absolute atomic E-state index is 0.147. The van der Waals surface area contributed by atoms with Gasteiger partial charge < -0.3 is 10.6 Å². The van der Waals surface area contributed by atoms with Crippen LogP contribution in [0.25, 0.3) is 0 Å². The van der Waals surface area contributed by atoms with Gasteiger partial charge in [0.2, 0.25) is 5.91 Å². The number of benzene rings is 2. The van der Waals surface area contributed by atoms with Crippen LogP contribution in [-0.4, -0.2) is 5.91 Å². The molecule has 1 atom stereocenters. The third-order valence-corrected chi connectivity index (χ3v) is 4.67. The minimum atomic E-state index is -4.37. The van der Waals surface area contributed by atoms with Crippen LogP contribution in [0.5, 0.6) is 0 Å². The van der Waals surface area contributed by atoms with E-state index in [2.05, 4.69) is 22.8 Å². The summed E-state index contributed by atoms with van der Waals surface area (Å²) in [6.07, 6.45) is -4.23. The summed E-state index contributed by atoms with van der Waals surface area (Å²) >= 11 is 0. The van der Waals surface area contributed by atoms with E-state index in [1.807, 2.05) is 6.07 Å². The maximum absolute atomic E-state index is 12.8. The van der Waals surface area contributed by atoms with Crippen molar-refractivity contribution in [3.05, 3.63) is 70.3 Å². The van der Waals surface area contributed by atoms with Crippen LogP contribution in [0, 0.1) is 0 Å². The van der Waals surface area contributed by atoms with Gasteiger partial charge in [0.15, 0.2) is 0 Å². The highest BCUT2D eigenvalue weighted by Crippen LogP contribution is 2.31. The Kier molecular flexibility index (Phi) is 5.32. The van der Waals surface area contributed by atoms with Crippen LogP contribution in [0.3, 0.4) is 0 Å². The molecule has 2 aromatic rings. The molecule has 138 valence electrons. The summed E-state index contributed by atoms with van der Waals surface area (Å²) in [7, 11) is 0. The van der Waals surface area contributed by atoms with E-state index in [4.69, 9.17) is 0 Å². The largest absolute Gasteiger partial charge is 0.416 e. The molecule has 1 aliphatic rings. The number of rotatable bonds is 5. The zero-order valence-electron chi connectivity index (χ0n) is 14.5. The molecule has 6 heteroatoms. The average Bonchev–Trinajstić information content (AvgIpc) is 3.07. The van der Waals surface area contributed by atoms with E-state index in [0.717, 1.165) is 30.8 Å². The van der Waals surface area contributed by atoms with Crippen molar-refractivity contribution < 1.29 is 18.0 Å². The number of amides is 1. The molecule has 3 nitrogen and oxygen atoms in total. The fourth-order valence-electron chi connectivity index (χ4n) is 3.15. The van der Waals surface area contributed by atoms with Gasteiger partial charge in [-0.1, -0.05) is 43.3 Å². The van der Waals surface area contributed by atoms with Gasteiger partial charge in [0.1, 0.15) is 0 Å². The summed E-state index contributed by atoms with van der Waals surface area (Å²) in [5, 5.41) is 6.13. The van der Waals surface area contributed by atoms with Gasteiger partial charge in [0, 0.05) is 26.1 Å². The number of hydrogen-bond donors (Lipinski definition) is 2. The molecule has 0 fully saturated rings. The molecular formula is C20H21F3N2O. The molecule has 0 aromatic heterocycles. The van der Waals surface area contributed by atoms with E-state index in [1.54, 1.807) is 13.0 Å². The fraction of sp³-hybridized carbons (Fsp3) is 0.350. The van der Waals surface area contributed by atoms with Gasteiger partial charge in [-0.15, -0.1) is 0 Å². The Morgan fingerprint density at radius 1 is 1.15 bits per heavy atom. The summed E-state index contributed by atoms with van der Waals surface area (Å²) in [6, 6.07) is 11.3. The molecule has 3 rings (SSSR count). The molecule has 2 aromatic carbocycles. The van der Waals surface area contributed by atoms with Gasteiger partial charge in [-0.3, -0.25) is 4.79 Å². The predicted molar refractivity (Wildman–Crippen MR) is 93.3 cm³/mol. The highest BCUT2D eigenvalue weighted by Gasteiger charge is 2.30. The topological polar surface area (TPSA) is 41.1 Å². The highest BCUT2D eigenvalue weighted by atomic mass is 19.4. The predicted octanol–water partition coefficient (Wildman–Crippen LogP) is 4.12. The number of hydrogen-bond acceptors (Lipinski definition) is 2. The van der Waals surface area contributed by atoms with E-state index >= 15 is 0 Å². The normalized spacial score (nSPS) is 14.8. The number of halogens is 3. The molecule has 1 unspecified atom stereocenters. The first-order chi connectivity index (χ1) is 12.3. The smallest absolute Gasteiger partial charge is 0.352 e. The summed E-state index contributed by atoms with van der Waals surface area (Å²) in [5.74, 6) is -0.463. The standard InChI is InChI=1S/C20H21F3N2O/c1-13(15-3-2-4-18(9-15)20(21,22)23)7-19(26)25-10-14-5-6-16-11-24-12-17(16)8-14/h2-6,8-9,13,24H,7,10-12H2,1H3,(H,25,26). The van der Waals surface area contributed by atoms with E-state index < -0.39 is 11.7 Å². The lowest BCUT2D eigenvalue weighted by atomic mass is 9.95. The first-order valence-electron chi connectivity index (χ1n) is 8.58. The minimum Gasteiger partial charge on any atom is -0.352 e. The lowest BCUT2D eigenvalue weighted by molar-refractivity contribution is -0.137. The number of alkyl halides is 3. The second-order valence-electron chi connectivity index (χ2n) is 6.71. The van der Waals surface area contributed by atoms with Crippen LogP contribution in [-0.2, 0) is 30.6 Å². The zero-order valence-corrected chi connectivity index (χ0v) is 14.5. The van der Waals surface area contributed by atoms with Gasteiger partial charge in [0.05, 0.1) is 5.56 Å². The number of carbonyl (C=O) groups is 1. The number of carbonyl (C=O) groups excluding carboxylic acids is 1. The first-order valence-corrected chi connectivity index (χ1v) is 8.58. The fourth-order valence-corrected chi connectivity index (χ4v) is 3.15. The summed E-state index contributed by atoms with van der Waals surface area (Å²) in [6.45, 7) is 3.89. The second-order valence-corrected chi connectivity index (χ2v) is 6.71. The third kappa shape index (κ3) is 4.43. The van der Waals surface area contributed by atoms with Crippen LogP contribution in [0.2, 0.25) is 0 Å². The van der Waals surface area contributed by atoms with E-state index in [0.29, 0.717) is 12.1 Å². The maximum Gasteiger partial charge on any atom is 0.416 e. The first kappa shape index (κ1) is 18.5. The second kappa shape index (κ2) is 7.50. The Hall–Kier alpha value is -2.34. The molecule has 2 N–H and O–H groups in total. The van der Waals surface area contributed by atoms with Crippen LogP contribution < -0.4 is 10.6 Å². The summed E-state index contributed by atoms with van der Waals surface area (Å²) in [5.41, 5.74) is 3.37. The van der Waals surface area contributed by atoms with Crippen molar-refractivity contribution in [3.8, 4) is 0 Å². The lowest BCUT2D eigenvalue weighted by Gasteiger charge is -2.14. The van der Waals surface area contributed by atoms with Gasteiger partial charge >= 0.3 is 6.18 Å². The Morgan fingerprint density at radius 2 is 1.92 bits per heavy atom. The van der Waals surface area contributed by atoms with Crippen LogP contribution in [0.4, 0.5) is 13.2 Å². The molecule has 0 aliphatic carbocycles. The molecule has 1 heterocycles. The van der Waals surface area contributed by atoms with Crippen molar-refractivity contribution in [2.45, 2.75) is 45.1 Å². The van der Waals surface area contributed by atoms with Gasteiger partial charge in [-0.2, -0.15) is 13.2 Å². The highest BCUT2D eigenvalue weighted by molar-refractivity contribution is 5.76. The lowest BCUT2D eigenvalue weighted by Crippen LogP contribution is -2.24.